The number of nitrogens with zero attached hydrogens (tertiary/aromatic N) is 2. The highest BCUT2D eigenvalue weighted by Gasteiger charge is 2.23. The molecule has 0 radical (unpaired) electrons. The molecule has 0 spiro atoms. The van der Waals surface area contributed by atoms with Crippen LogP contribution in [0.3, 0.4) is 0 Å². The summed E-state index contributed by atoms with van der Waals surface area (Å²) in [6.45, 7) is 2.13. The van der Waals surface area contributed by atoms with Gasteiger partial charge in [0.15, 0.2) is 5.69 Å². The van der Waals surface area contributed by atoms with Crippen molar-refractivity contribution < 1.29 is 4.79 Å². The van der Waals surface area contributed by atoms with E-state index in [1.54, 1.807) is 47.1 Å². The van der Waals surface area contributed by atoms with Gasteiger partial charge in [0.2, 0.25) is 0 Å². The first-order valence-electron chi connectivity index (χ1n) is 10.3. The molecule has 4 rings (SSSR count). The van der Waals surface area contributed by atoms with Crippen molar-refractivity contribution in [3.8, 4) is 16.9 Å². The monoisotopic (exact) mass is 511 g/mol. The lowest BCUT2D eigenvalue weighted by molar-refractivity contribution is 0.0945. The second kappa shape index (κ2) is 9.89. The van der Waals surface area contributed by atoms with Gasteiger partial charge in [-0.1, -0.05) is 71.2 Å². The zero-order chi connectivity index (χ0) is 24.4. The van der Waals surface area contributed by atoms with E-state index in [0.717, 1.165) is 16.8 Å². The van der Waals surface area contributed by atoms with Crippen molar-refractivity contribution in [2.24, 2.45) is 5.73 Å². The number of hydrogen-bond acceptors (Lipinski definition) is 3. The molecule has 34 heavy (non-hydrogen) atoms. The number of carbonyl (C=O) groups is 1. The van der Waals surface area contributed by atoms with E-state index in [9.17, 15) is 4.79 Å². The Balaban J connectivity index is 1.70. The zero-order valence-electron chi connectivity index (χ0n) is 18.1. The fraction of sp³-hybridized carbons (Fsp3) is 0.0800. The van der Waals surface area contributed by atoms with E-state index in [-0.39, 0.29) is 17.4 Å². The number of aromatic nitrogens is 2. The van der Waals surface area contributed by atoms with Gasteiger partial charge in [0.05, 0.1) is 16.4 Å². The molecular weight excluding hydrogens is 493 g/mol. The van der Waals surface area contributed by atoms with Crippen molar-refractivity contribution in [3.05, 3.63) is 104 Å². The number of hydrogen-bond donors (Lipinski definition) is 3. The van der Waals surface area contributed by atoms with E-state index in [2.05, 4.69) is 10.4 Å². The first-order chi connectivity index (χ1) is 16.2. The summed E-state index contributed by atoms with van der Waals surface area (Å²) in [4.78, 5) is 13.1. The van der Waals surface area contributed by atoms with Crippen LogP contribution in [0.25, 0.3) is 16.9 Å². The van der Waals surface area contributed by atoms with E-state index in [0.29, 0.717) is 38.4 Å². The van der Waals surface area contributed by atoms with Crippen molar-refractivity contribution in [1.29, 1.82) is 5.41 Å². The van der Waals surface area contributed by atoms with Gasteiger partial charge < -0.3 is 11.1 Å². The Labute approximate surface area is 211 Å². The van der Waals surface area contributed by atoms with E-state index < -0.39 is 0 Å². The quantitative estimate of drug-likeness (QED) is 0.218. The molecule has 4 N–H and O–H groups in total. The van der Waals surface area contributed by atoms with Gasteiger partial charge >= 0.3 is 0 Å². The van der Waals surface area contributed by atoms with Crippen LogP contribution >= 0.6 is 34.8 Å². The van der Waals surface area contributed by atoms with Crippen LogP contribution in [-0.2, 0) is 6.54 Å². The predicted octanol–water partition coefficient (Wildman–Crippen LogP) is 6.02. The van der Waals surface area contributed by atoms with Crippen molar-refractivity contribution in [2.75, 3.05) is 0 Å². The summed E-state index contributed by atoms with van der Waals surface area (Å²) >= 11 is 18.6. The molecule has 9 heteroatoms. The molecule has 1 amide bonds. The third-order valence-electron chi connectivity index (χ3n) is 5.31. The molecule has 1 heterocycles. The van der Waals surface area contributed by atoms with Gasteiger partial charge in [0.25, 0.3) is 5.91 Å². The summed E-state index contributed by atoms with van der Waals surface area (Å²) in [5.74, 6) is -0.334. The number of nitrogens with two attached hydrogens (primary N) is 1. The topological polar surface area (TPSA) is 96.8 Å². The molecule has 4 aromatic rings. The Morgan fingerprint density at radius 1 is 1.00 bits per heavy atom. The number of amides is 1. The number of nitrogens with one attached hydrogen (secondary N) is 2. The maximum atomic E-state index is 13.1. The average Bonchev–Trinajstić information content (AvgIpc) is 3.15. The van der Waals surface area contributed by atoms with Gasteiger partial charge in [-0.25, -0.2) is 4.68 Å². The van der Waals surface area contributed by atoms with Gasteiger partial charge in [-0.3, -0.25) is 10.2 Å². The molecule has 3 aromatic carbocycles. The Kier molecular flexibility index (Phi) is 6.93. The van der Waals surface area contributed by atoms with Crippen LogP contribution in [0.15, 0.2) is 66.7 Å². The van der Waals surface area contributed by atoms with E-state index in [4.69, 9.17) is 45.9 Å². The summed E-state index contributed by atoms with van der Waals surface area (Å²) in [7, 11) is 0. The van der Waals surface area contributed by atoms with E-state index >= 15 is 0 Å². The highest BCUT2D eigenvalue weighted by atomic mass is 35.5. The fourth-order valence-corrected chi connectivity index (χ4v) is 4.17. The first kappa shape index (κ1) is 23.8. The van der Waals surface area contributed by atoms with Gasteiger partial charge in [-0.15, -0.1) is 0 Å². The SMILES string of the molecule is Cc1c(C(=O)NCc2ccc(C(=N)N)cc2)nn(-c2ccc(Cl)cc2Cl)c1-c1ccc(Cl)cc1. The second-order valence-electron chi connectivity index (χ2n) is 7.63. The van der Waals surface area contributed by atoms with Crippen LogP contribution in [0, 0.1) is 12.3 Å². The molecule has 0 atom stereocenters. The van der Waals surface area contributed by atoms with Gasteiger partial charge in [-0.05, 0) is 42.8 Å². The highest BCUT2D eigenvalue weighted by Crippen LogP contribution is 2.33. The molecular formula is C25H20Cl3N5O. The summed E-state index contributed by atoms with van der Waals surface area (Å²) in [5.41, 5.74) is 10.1. The first-order valence-corrected chi connectivity index (χ1v) is 11.4. The summed E-state index contributed by atoms with van der Waals surface area (Å²) in [5, 5.41) is 16.5. The lowest BCUT2D eigenvalue weighted by atomic mass is 10.1. The van der Waals surface area contributed by atoms with Crippen LogP contribution in [0.1, 0.15) is 27.2 Å². The van der Waals surface area contributed by atoms with Crippen LogP contribution in [0.5, 0.6) is 0 Å². The average molecular weight is 513 g/mol. The maximum Gasteiger partial charge on any atom is 0.272 e. The Bertz CT molecular complexity index is 1380. The molecule has 0 saturated heterocycles. The van der Waals surface area contributed by atoms with Gasteiger partial charge in [0, 0.05) is 33.3 Å². The molecule has 0 bridgehead atoms. The molecule has 0 aliphatic rings. The Morgan fingerprint density at radius 3 is 2.26 bits per heavy atom. The largest absolute Gasteiger partial charge is 0.384 e. The Morgan fingerprint density at radius 2 is 1.65 bits per heavy atom. The Hall–Kier alpha value is -3.32. The minimum absolute atomic E-state index is 0.00709. The summed E-state index contributed by atoms with van der Waals surface area (Å²) in [6.07, 6.45) is 0. The second-order valence-corrected chi connectivity index (χ2v) is 8.91. The third kappa shape index (κ3) is 4.94. The normalized spacial score (nSPS) is 10.8. The van der Waals surface area contributed by atoms with Crippen molar-refractivity contribution >= 4 is 46.5 Å². The molecule has 0 aliphatic carbocycles. The van der Waals surface area contributed by atoms with Crippen LogP contribution < -0.4 is 11.1 Å². The minimum Gasteiger partial charge on any atom is -0.384 e. The standard InChI is InChI=1S/C25H20Cl3N5O/c1-14-22(25(34)31-13-15-2-4-17(5-3-15)24(29)30)32-33(21-11-10-19(27)12-20(21)28)23(14)16-6-8-18(26)9-7-16/h2-12H,13H2,1H3,(H3,29,30)(H,31,34). The number of amidine groups is 1. The summed E-state index contributed by atoms with van der Waals surface area (Å²) < 4.78 is 1.65. The molecule has 0 aliphatic heterocycles. The molecule has 6 nitrogen and oxygen atoms in total. The minimum atomic E-state index is -0.327. The number of carbonyl (C=O) groups excluding carboxylic acids is 1. The third-order valence-corrected chi connectivity index (χ3v) is 6.10. The smallest absolute Gasteiger partial charge is 0.272 e. The molecule has 1 aromatic heterocycles. The lowest BCUT2D eigenvalue weighted by Gasteiger charge is -2.11. The highest BCUT2D eigenvalue weighted by molar-refractivity contribution is 6.35. The number of halogens is 3. The molecule has 0 fully saturated rings. The molecule has 172 valence electrons. The summed E-state index contributed by atoms with van der Waals surface area (Å²) in [6, 6.07) is 19.5. The van der Waals surface area contributed by atoms with Crippen LogP contribution in [0.2, 0.25) is 15.1 Å². The van der Waals surface area contributed by atoms with Crippen molar-refractivity contribution in [3.63, 3.8) is 0 Å². The maximum absolute atomic E-state index is 13.1. The number of benzene rings is 3. The van der Waals surface area contributed by atoms with Crippen LogP contribution in [-0.4, -0.2) is 21.5 Å². The lowest BCUT2D eigenvalue weighted by Crippen LogP contribution is -2.24. The fourth-order valence-electron chi connectivity index (χ4n) is 3.55. The van der Waals surface area contributed by atoms with Crippen LogP contribution in [0.4, 0.5) is 0 Å². The molecule has 0 unspecified atom stereocenters. The van der Waals surface area contributed by atoms with Gasteiger partial charge in [-0.2, -0.15) is 5.10 Å². The number of nitrogen functional groups attached to an aromatic ring is 1. The van der Waals surface area contributed by atoms with Crippen molar-refractivity contribution in [2.45, 2.75) is 13.5 Å². The number of rotatable bonds is 6. The van der Waals surface area contributed by atoms with E-state index in [1.807, 2.05) is 31.2 Å². The van der Waals surface area contributed by atoms with Gasteiger partial charge in [0.1, 0.15) is 5.84 Å². The molecule has 0 saturated carbocycles. The van der Waals surface area contributed by atoms with Crippen molar-refractivity contribution in [1.82, 2.24) is 15.1 Å². The van der Waals surface area contributed by atoms with E-state index in [1.165, 1.54) is 0 Å². The predicted molar refractivity (Wildman–Crippen MR) is 137 cm³/mol. The zero-order valence-corrected chi connectivity index (χ0v) is 20.3.